The number of ether oxygens (including phenoxy) is 1. The summed E-state index contributed by atoms with van der Waals surface area (Å²) in [5.74, 6) is 4.06. The van der Waals surface area contributed by atoms with E-state index >= 15 is 0 Å². The third-order valence-electron chi connectivity index (χ3n) is 5.44. The maximum atomic E-state index is 5.87. The minimum atomic E-state index is 0.628. The molecule has 0 amide bonds. The number of rotatable bonds is 8. The van der Waals surface area contributed by atoms with Gasteiger partial charge in [-0.25, -0.2) is 0 Å². The fourth-order valence-electron chi connectivity index (χ4n) is 4.46. The van der Waals surface area contributed by atoms with Crippen molar-refractivity contribution in [3.63, 3.8) is 0 Å². The third kappa shape index (κ3) is 4.00. The molecule has 21 heavy (non-hydrogen) atoms. The number of para-hydroxylation sites is 1. The molecule has 3 rings (SSSR count). The lowest BCUT2D eigenvalue weighted by Crippen LogP contribution is -2.33. The quantitative estimate of drug-likeness (QED) is 0.771. The van der Waals surface area contributed by atoms with Gasteiger partial charge in [0.25, 0.3) is 0 Å². The summed E-state index contributed by atoms with van der Waals surface area (Å²) in [6.45, 7) is 4.10. The molecule has 0 saturated heterocycles. The SMILES string of the molecule is CCNC(CCOc1ccccc1)CC1CC2CCC1C2. The molecule has 116 valence electrons. The molecule has 0 heterocycles. The second kappa shape index (κ2) is 7.31. The molecule has 2 aliphatic rings. The maximum absolute atomic E-state index is 5.87. The molecule has 4 unspecified atom stereocenters. The predicted molar refractivity (Wildman–Crippen MR) is 87.6 cm³/mol. The highest BCUT2D eigenvalue weighted by atomic mass is 16.5. The number of hydrogen-bond donors (Lipinski definition) is 1. The molecule has 2 saturated carbocycles. The highest BCUT2D eigenvalue weighted by molar-refractivity contribution is 5.20. The highest BCUT2D eigenvalue weighted by Gasteiger charge is 2.39. The van der Waals surface area contributed by atoms with E-state index in [0.29, 0.717) is 6.04 Å². The Labute approximate surface area is 129 Å². The van der Waals surface area contributed by atoms with Gasteiger partial charge >= 0.3 is 0 Å². The van der Waals surface area contributed by atoms with Gasteiger partial charge in [0.15, 0.2) is 0 Å². The van der Waals surface area contributed by atoms with Gasteiger partial charge < -0.3 is 10.1 Å². The summed E-state index contributed by atoms with van der Waals surface area (Å²) < 4.78 is 5.87. The van der Waals surface area contributed by atoms with Crippen molar-refractivity contribution >= 4 is 0 Å². The van der Waals surface area contributed by atoms with E-state index in [4.69, 9.17) is 4.74 Å². The van der Waals surface area contributed by atoms with Gasteiger partial charge in [0.05, 0.1) is 6.61 Å². The van der Waals surface area contributed by atoms with Gasteiger partial charge in [0.1, 0.15) is 5.75 Å². The van der Waals surface area contributed by atoms with E-state index in [-0.39, 0.29) is 0 Å². The molecule has 1 aromatic rings. The Morgan fingerprint density at radius 2 is 2.05 bits per heavy atom. The number of fused-ring (bicyclic) bond motifs is 2. The molecule has 1 N–H and O–H groups in total. The second-order valence-corrected chi connectivity index (χ2v) is 6.88. The Kier molecular flexibility index (Phi) is 5.18. The van der Waals surface area contributed by atoms with Crippen LogP contribution in [0.4, 0.5) is 0 Å². The molecule has 2 nitrogen and oxygen atoms in total. The number of hydrogen-bond acceptors (Lipinski definition) is 2. The van der Waals surface area contributed by atoms with Crippen LogP contribution >= 0.6 is 0 Å². The Morgan fingerprint density at radius 3 is 2.71 bits per heavy atom. The van der Waals surface area contributed by atoms with Crippen molar-refractivity contribution in [3.8, 4) is 5.75 Å². The minimum Gasteiger partial charge on any atom is -0.494 e. The summed E-state index contributed by atoms with van der Waals surface area (Å²) in [5.41, 5.74) is 0. The molecule has 0 aromatic heterocycles. The Balaban J connectivity index is 1.43. The van der Waals surface area contributed by atoms with Crippen LogP contribution in [-0.4, -0.2) is 19.2 Å². The van der Waals surface area contributed by atoms with E-state index in [1.807, 2.05) is 30.3 Å². The number of benzene rings is 1. The van der Waals surface area contributed by atoms with Gasteiger partial charge in [0, 0.05) is 6.04 Å². The molecule has 2 heteroatoms. The van der Waals surface area contributed by atoms with Crippen LogP contribution < -0.4 is 10.1 Å². The Hall–Kier alpha value is -1.02. The molecule has 1 aromatic carbocycles. The smallest absolute Gasteiger partial charge is 0.119 e. The number of nitrogens with one attached hydrogen (secondary N) is 1. The lowest BCUT2D eigenvalue weighted by Gasteiger charge is -2.27. The van der Waals surface area contributed by atoms with E-state index in [1.54, 1.807) is 0 Å². The third-order valence-corrected chi connectivity index (χ3v) is 5.44. The van der Waals surface area contributed by atoms with Crippen LogP contribution in [-0.2, 0) is 0 Å². The summed E-state index contributed by atoms with van der Waals surface area (Å²) in [7, 11) is 0. The van der Waals surface area contributed by atoms with Crippen LogP contribution in [0.2, 0.25) is 0 Å². The summed E-state index contributed by atoms with van der Waals surface area (Å²) in [6, 6.07) is 10.8. The van der Waals surface area contributed by atoms with Crippen molar-refractivity contribution in [2.45, 2.75) is 51.5 Å². The first-order chi connectivity index (χ1) is 10.3. The van der Waals surface area contributed by atoms with Crippen molar-refractivity contribution in [2.24, 2.45) is 17.8 Å². The lowest BCUT2D eigenvalue weighted by molar-refractivity contribution is 0.239. The molecule has 4 atom stereocenters. The average Bonchev–Trinajstić information content (AvgIpc) is 3.11. The van der Waals surface area contributed by atoms with Gasteiger partial charge in [-0.1, -0.05) is 31.5 Å². The monoisotopic (exact) mass is 287 g/mol. The van der Waals surface area contributed by atoms with E-state index in [0.717, 1.165) is 43.1 Å². The first-order valence-corrected chi connectivity index (χ1v) is 8.76. The molecule has 2 bridgehead atoms. The van der Waals surface area contributed by atoms with E-state index in [1.165, 1.54) is 32.1 Å². The summed E-state index contributed by atoms with van der Waals surface area (Å²) in [4.78, 5) is 0. The van der Waals surface area contributed by atoms with Crippen molar-refractivity contribution in [1.29, 1.82) is 0 Å². The zero-order valence-corrected chi connectivity index (χ0v) is 13.3. The predicted octanol–water partition coefficient (Wildman–Crippen LogP) is 4.26. The van der Waals surface area contributed by atoms with Gasteiger partial charge in [-0.2, -0.15) is 0 Å². The molecule has 2 fully saturated rings. The van der Waals surface area contributed by atoms with Crippen molar-refractivity contribution in [2.75, 3.05) is 13.2 Å². The average molecular weight is 287 g/mol. The molecular formula is C19H29NO. The van der Waals surface area contributed by atoms with Crippen LogP contribution in [0.25, 0.3) is 0 Å². The topological polar surface area (TPSA) is 21.3 Å². The minimum absolute atomic E-state index is 0.628. The fourth-order valence-corrected chi connectivity index (χ4v) is 4.46. The largest absolute Gasteiger partial charge is 0.494 e. The zero-order valence-electron chi connectivity index (χ0n) is 13.3. The second-order valence-electron chi connectivity index (χ2n) is 6.88. The van der Waals surface area contributed by atoms with Crippen molar-refractivity contribution in [1.82, 2.24) is 5.32 Å². The van der Waals surface area contributed by atoms with E-state index < -0.39 is 0 Å². The molecule has 0 spiro atoms. The van der Waals surface area contributed by atoms with Crippen LogP contribution in [0.5, 0.6) is 5.75 Å². The summed E-state index contributed by atoms with van der Waals surface area (Å²) in [6.07, 6.45) is 8.48. The Bertz CT molecular complexity index is 419. The summed E-state index contributed by atoms with van der Waals surface area (Å²) in [5, 5.41) is 3.68. The fraction of sp³-hybridized carbons (Fsp3) is 0.684. The van der Waals surface area contributed by atoms with Crippen molar-refractivity contribution < 1.29 is 4.74 Å². The molecule has 0 aliphatic heterocycles. The highest BCUT2D eigenvalue weighted by Crippen LogP contribution is 2.49. The van der Waals surface area contributed by atoms with Gasteiger partial charge in [0.2, 0.25) is 0 Å². The van der Waals surface area contributed by atoms with E-state index in [2.05, 4.69) is 12.2 Å². The normalized spacial score (nSPS) is 28.7. The lowest BCUT2D eigenvalue weighted by atomic mass is 9.83. The van der Waals surface area contributed by atoms with Gasteiger partial charge in [-0.3, -0.25) is 0 Å². The zero-order chi connectivity index (χ0) is 14.5. The van der Waals surface area contributed by atoms with Gasteiger partial charge in [-0.15, -0.1) is 0 Å². The van der Waals surface area contributed by atoms with Crippen LogP contribution in [0.1, 0.15) is 45.4 Å². The van der Waals surface area contributed by atoms with Gasteiger partial charge in [-0.05, 0) is 68.5 Å². The molecule has 2 aliphatic carbocycles. The standard InChI is InChI=1S/C19H29NO/c1-2-20-18(10-11-21-19-6-4-3-5-7-19)14-17-13-15-8-9-16(17)12-15/h3-7,15-18,20H,2,8-14H2,1H3. The molecular weight excluding hydrogens is 258 g/mol. The first kappa shape index (κ1) is 14.9. The Morgan fingerprint density at radius 1 is 1.19 bits per heavy atom. The van der Waals surface area contributed by atoms with Crippen LogP contribution in [0.3, 0.4) is 0 Å². The summed E-state index contributed by atoms with van der Waals surface area (Å²) >= 11 is 0. The maximum Gasteiger partial charge on any atom is 0.119 e. The van der Waals surface area contributed by atoms with Crippen molar-refractivity contribution in [3.05, 3.63) is 30.3 Å². The van der Waals surface area contributed by atoms with Crippen LogP contribution in [0, 0.1) is 17.8 Å². The first-order valence-electron chi connectivity index (χ1n) is 8.76. The molecule has 0 radical (unpaired) electrons. The van der Waals surface area contributed by atoms with E-state index in [9.17, 15) is 0 Å². The van der Waals surface area contributed by atoms with Crippen LogP contribution in [0.15, 0.2) is 30.3 Å².